The van der Waals surface area contributed by atoms with E-state index in [1.165, 1.54) is 12.8 Å². The van der Waals surface area contributed by atoms with Crippen molar-refractivity contribution in [3.8, 4) is 0 Å². The lowest BCUT2D eigenvalue weighted by Gasteiger charge is -2.38. The first-order chi connectivity index (χ1) is 13.0. The van der Waals surface area contributed by atoms with Gasteiger partial charge in [0.05, 0.1) is 18.8 Å². The Balaban J connectivity index is 1.40. The summed E-state index contributed by atoms with van der Waals surface area (Å²) in [6, 6.07) is 6.05. The van der Waals surface area contributed by atoms with Crippen molar-refractivity contribution in [2.24, 2.45) is 17.8 Å². The Labute approximate surface area is 164 Å². The molecule has 1 aromatic rings. The highest BCUT2D eigenvalue weighted by atomic mass is 16.5. The van der Waals surface area contributed by atoms with Gasteiger partial charge in [0.2, 0.25) is 0 Å². The molecule has 0 aromatic carbocycles. The summed E-state index contributed by atoms with van der Waals surface area (Å²) in [4.78, 5) is 9.09. The van der Waals surface area contributed by atoms with Crippen molar-refractivity contribution < 1.29 is 9.84 Å². The van der Waals surface area contributed by atoms with Crippen LogP contribution in [0.25, 0.3) is 0 Å². The molecule has 0 unspecified atom stereocenters. The van der Waals surface area contributed by atoms with Gasteiger partial charge in [0.25, 0.3) is 0 Å². The van der Waals surface area contributed by atoms with Crippen molar-refractivity contribution in [3.63, 3.8) is 0 Å². The van der Waals surface area contributed by atoms with Crippen molar-refractivity contribution in [2.45, 2.75) is 52.2 Å². The van der Waals surface area contributed by atoms with E-state index in [1.807, 2.05) is 18.3 Å². The molecule has 1 aliphatic carbocycles. The van der Waals surface area contributed by atoms with E-state index < -0.39 is 6.10 Å². The third kappa shape index (κ3) is 5.90. The number of pyridine rings is 1. The van der Waals surface area contributed by atoms with E-state index in [1.54, 1.807) is 0 Å². The SMILES string of the molecule is CC(C)[C@H]1CC[C@@H](C)C[C@@H]1OC[C@H](O)CN1CCN(c2ccccn2)CC1. The van der Waals surface area contributed by atoms with E-state index in [0.717, 1.165) is 44.3 Å². The van der Waals surface area contributed by atoms with Gasteiger partial charge in [0.1, 0.15) is 5.82 Å². The Morgan fingerprint density at radius 2 is 1.96 bits per heavy atom. The number of rotatable bonds is 7. The lowest BCUT2D eigenvalue weighted by Crippen LogP contribution is -2.49. The van der Waals surface area contributed by atoms with Gasteiger partial charge in [-0.25, -0.2) is 4.98 Å². The average Bonchev–Trinajstić information content (AvgIpc) is 2.67. The van der Waals surface area contributed by atoms with Crippen LogP contribution in [0, 0.1) is 17.8 Å². The van der Waals surface area contributed by atoms with Crippen molar-refractivity contribution in [1.29, 1.82) is 0 Å². The second-order valence-electron chi connectivity index (χ2n) is 8.83. The first-order valence-electron chi connectivity index (χ1n) is 10.7. The van der Waals surface area contributed by atoms with Gasteiger partial charge in [-0.05, 0) is 42.7 Å². The van der Waals surface area contributed by atoms with Crippen LogP contribution in [0.2, 0.25) is 0 Å². The standard InChI is InChI=1S/C22H37N3O2/c1-17(2)20-8-7-18(3)14-21(20)27-16-19(26)15-24-10-12-25(13-11-24)22-6-4-5-9-23-22/h4-6,9,17-21,26H,7-8,10-16H2,1-3H3/t18-,19-,20-,21+/m1/s1. The quantitative estimate of drug-likeness (QED) is 0.794. The monoisotopic (exact) mass is 375 g/mol. The normalized spacial score (nSPS) is 28.5. The van der Waals surface area contributed by atoms with Crippen molar-refractivity contribution in [2.75, 3.05) is 44.2 Å². The summed E-state index contributed by atoms with van der Waals surface area (Å²) < 4.78 is 6.22. The summed E-state index contributed by atoms with van der Waals surface area (Å²) in [5, 5.41) is 10.5. The molecule has 5 nitrogen and oxygen atoms in total. The maximum atomic E-state index is 10.5. The molecule has 1 N–H and O–H groups in total. The number of hydrogen-bond donors (Lipinski definition) is 1. The fraction of sp³-hybridized carbons (Fsp3) is 0.773. The lowest BCUT2D eigenvalue weighted by atomic mass is 9.75. The van der Waals surface area contributed by atoms with Crippen LogP contribution in [0.5, 0.6) is 0 Å². The number of aliphatic hydroxyl groups excluding tert-OH is 1. The van der Waals surface area contributed by atoms with Crippen LogP contribution >= 0.6 is 0 Å². The van der Waals surface area contributed by atoms with Gasteiger partial charge in [0.15, 0.2) is 0 Å². The van der Waals surface area contributed by atoms with E-state index in [4.69, 9.17) is 4.74 Å². The molecule has 2 aliphatic rings. The zero-order valence-corrected chi connectivity index (χ0v) is 17.3. The Hall–Kier alpha value is -1.17. The molecule has 27 heavy (non-hydrogen) atoms. The minimum Gasteiger partial charge on any atom is -0.389 e. The maximum Gasteiger partial charge on any atom is 0.128 e. The smallest absolute Gasteiger partial charge is 0.128 e. The van der Waals surface area contributed by atoms with Crippen LogP contribution in [0.3, 0.4) is 0 Å². The first kappa shape index (κ1) is 20.6. The molecule has 2 fully saturated rings. The molecule has 0 amide bonds. The molecule has 2 heterocycles. The molecule has 3 rings (SSSR count). The number of aliphatic hydroxyl groups is 1. The van der Waals surface area contributed by atoms with Gasteiger partial charge in [-0.15, -0.1) is 0 Å². The Morgan fingerprint density at radius 1 is 1.19 bits per heavy atom. The van der Waals surface area contributed by atoms with Gasteiger partial charge >= 0.3 is 0 Å². The predicted molar refractivity (Wildman–Crippen MR) is 110 cm³/mol. The lowest BCUT2D eigenvalue weighted by molar-refractivity contribution is -0.0740. The van der Waals surface area contributed by atoms with Crippen LogP contribution in [0.1, 0.15) is 40.0 Å². The summed E-state index contributed by atoms with van der Waals surface area (Å²) in [7, 11) is 0. The number of aromatic nitrogens is 1. The number of β-amino-alcohol motifs (C(OH)–C–C–N with tert-alkyl or cyclic N) is 1. The van der Waals surface area contributed by atoms with E-state index in [0.29, 0.717) is 31.1 Å². The summed E-state index contributed by atoms with van der Waals surface area (Å²) in [5.74, 6) is 3.07. The second-order valence-corrected chi connectivity index (χ2v) is 8.83. The van der Waals surface area contributed by atoms with Crippen LogP contribution in [0.4, 0.5) is 5.82 Å². The van der Waals surface area contributed by atoms with E-state index in [9.17, 15) is 5.11 Å². The van der Waals surface area contributed by atoms with Crippen LogP contribution in [-0.2, 0) is 4.74 Å². The zero-order valence-electron chi connectivity index (χ0n) is 17.3. The van der Waals surface area contributed by atoms with Crippen molar-refractivity contribution in [1.82, 2.24) is 9.88 Å². The molecule has 1 saturated carbocycles. The molecule has 1 aliphatic heterocycles. The van der Waals surface area contributed by atoms with Crippen molar-refractivity contribution in [3.05, 3.63) is 24.4 Å². The van der Waals surface area contributed by atoms with Crippen molar-refractivity contribution >= 4 is 5.82 Å². The highest BCUT2D eigenvalue weighted by Crippen LogP contribution is 2.35. The first-order valence-corrected chi connectivity index (χ1v) is 10.7. The van der Waals surface area contributed by atoms with Gasteiger partial charge in [-0.2, -0.15) is 0 Å². The average molecular weight is 376 g/mol. The molecule has 0 spiro atoms. The zero-order chi connectivity index (χ0) is 19.2. The Morgan fingerprint density at radius 3 is 2.63 bits per heavy atom. The molecule has 1 aromatic heterocycles. The fourth-order valence-electron chi connectivity index (χ4n) is 4.59. The molecular weight excluding hydrogens is 338 g/mol. The van der Waals surface area contributed by atoms with Gasteiger partial charge in [-0.3, -0.25) is 4.90 Å². The summed E-state index contributed by atoms with van der Waals surface area (Å²) in [6.45, 7) is 11.9. The van der Waals surface area contributed by atoms with E-state index in [-0.39, 0.29) is 0 Å². The largest absolute Gasteiger partial charge is 0.389 e. The van der Waals surface area contributed by atoms with E-state index in [2.05, 4.69) is 41.6 Å². The second kappa shape index (κ2) is 9.85. The summed E-state index contributed by atoms with van der Waals surface area (Å²) >= 11 is 0. The molecule has 0 bridgehead atoms. The molecule has 1 saturated heterocycles. The third-order valence-electron chi connectivity index (χ3n) is 6.28. The highest BCUT2D eigenvalue weighted by molar-refractivity contribution is 5.38. The van der Waals surface area contributed by atoms with Crippen LogP contribution in [0.15, 0.2) is 24.4 Å². The molecule has 4 atom stereocenters. The minimum atomic E-state index is -0.406. The molecule has 5 heteroatoms. The summed E-state index contributed by atoms with van der Waals surface area (Å²) in [5.41, 5.74) is 0. The number of ether oxygens (including phenoxy) is 1. The molecule has 152 valence electrons. The topological polar surface area (TPSA) is 48.8 Å². The Kier molecular flexibility index (Phi) is 7.50. The number of nitrogens with zero attached hydrogens (tertiary/aromatic N) is 3. The summed E-state index contributed by atoms with van der Waals surface area (Å²) in [6.07, 6.45) is 5.46. The van der Waals surface area contributed by atoms with Crippen LogP contribution in [-0.4, -0.2) is 66.5 Å². The van der Waals surface area contributed by atoms with Crippen LogP contribution < -0.4 is 4.90 Å². The van der Waals surface area contributed by atoms with E-state index >= 15 is 0 Å². The van der Waals surface area contributed by atoms with Gasteiger partial charge < -0.3 is 14.7 Å². The fourth-order valence-corrected chi connectivity index (χ4v) is 4.59. The maximum absolute atomic E-state index is 10.5. The number of hydrogen-bond acceptors (Lipinski definition) is 5. The molecule has 0 radical (unpaired) electrons. The minimum absolute atomic E-state index is 0.310. The van der Waals surface area contributed by atoms with Gasteiger partial charge in [-0.1, -0.05) is 33.3 Å². The Bertz CT molecular complexity index is 546. The third-order valence-corrected chi connectivity index (χ3v) is 6.28. The number of piperazine rings is 1. The molecular formula is C22H37N3O2. The predicted octanol–water partition coefficient (Wildman–Crippen LogP) is 3.04. The number of anilines is 1. The van der Waals surface area contributed by atoms with Gasteiger partial charge in [0, 0.05) is 38.9 Å². The highest BCUT2D eigenvalue weighted by Gasteiger charge is 2.32.